The van der Waals surface area contributed by atoms with Crippen LogP contribution in [-0.4, -0.2) is 42.1 Å². The van der Waals surface area contributed by atoms with E-state index in [1.807, 2.05) is 25.1 Å². The first-order valence-electron chi connectivity index (χ1n) is 10.2. The van der Waals surface area contributed by atoms with Crippen molar-refractivity contribution in [1.82, 2.24) is 20.6 Å². The summed E-state index contributed by atoms with van der Waals surface area (Å²) in [6.07, 6.45) is 3.51. The quantitative estimate of drug-likeness (QED) is 0.424. The van der Waals surface area contributed by atoms with Gasteiger partial charge < -0.3 is 31.0 Å². The smallest absolute Gasteiger partial charge is 0.408 e. The summed E-state index contributed by atoms with van der Waals surface area (Å²) >= 11 is 0. The summed E-state index contributed by atoms with van der Waals surface area (Å²) in [4.78, 5) is 25.4. The van der Waals surface area contributed by atoms with Gasteiger partial charge in [-0.2, -0.15) is 0 Å². The van der Waals surface area contributed by atoms with Crippen LogP contribution < -0.4 is 32.3 Å². The minimum Gasteiger partial charge on any atom is -0.408 e. The molecule has 2 aliphatic rings. The van der Waals surface area contributed by atoms with E-state index in [2.05, 4.69) is 35.8 Å². The van der Waals surface area contributed by atoms with Crippen LogP contribution in [-0.2, 0) is 5.66 Å². The third-order valence-electron chi connectivity index (χ3n) is 5.65. The first kappa shape index (κ1) is 19.3. The van der Waals surface area contributed by atoms with Crippen LogP contribution in [0, 0.1) is 0 Å². The van der Waals surface area contributed by atoms with Gasteiger partial charge in [0.2, 0.25) is 5.96 Å². The topological polar surface area (TPSA) is 137 Å². The van der Waals surface area contributed by atoms with E-state index in [9.17, 15) is 4.79 Å². The highest BCUT2D eigenvalue weighted by molar-refractivity contribution is 5.95. The monoisotopic (exact) mass is 420 g/mol. The fraction of sp³-hybridized carbons (Fsp3) is 0.286. The Kier molecular flexibility index (Phi) is 4.72. The number of nitrogens with one attached hydrogen (secondary N) is 4. The van der Waals surface area contributed by atoms with Crippen molar-refractivity contribution in [2.24, 2.45) is 10.7 Å². The fourth-order valence-electron chi connectivity index (χ4n) is 3.82. The van der Waals surface area contributed by atoms with Crippen molar-refractivity contribution >= 4 is 28.6 Å². The molecule has 10 heteroatoms. The maximum absolute atomic E-state index is 11.5. The molecule has 6 N–H and O–H groups in total. The Morgan fingerprint density at radius 1 is 1.23 bits per heavy atom. The number of H-pyrrole nitrogens is 1. The van der Waals surface area contributed by atoms with Gasteiger partial charge in [-0.05, 0) is 42.3 Å². The van der Waals surface area contributed by atoms with Crippen LogP contribution in [0.3, 0.4) is 0 Å². The number of anilines is 2. The molecule has 1 saturated heterocycles. The number of nitrogens with two attached hydrogens (primary N) is 1. The molecule has 4 heterocycles. The number of guanidine groups is 1. The standard InChI is InChI=1S/C21H24N8O2/c1-13-11-25-19(26-15-3-5-18(24-12-15)29-8-6-23-7-9-29)28-21(13,22)14-2-4-17-16(10-14)27-20(30)31-17/h2-5,10-12,23H,6-9,22H2,1H3,(H,27,30)(H2,25,26,28). The predicted octanol–water partition coefficient (Wildman–Crippen LogP) is 1.01. The minimum atomic E-state index is -0.999. The van der Waals surface area contributed by atoms with Crippen molar-refractivity contribution in [2.75, 3.05) is 36.4 Å². The molecular weight excluding hydrogens is 396 g/mol. The lowest BCUT2D eigenvalue weighted by atomic mass is 9.92. The molecule has 1 atom stereocenters. The molecule has 31 heavy (non-hydrogen) atoms. The number of aliphatic imine (C=N–C) groups is 1. The van der Waals surface area contributed by atoms with Gasteiger partial charge >= 0.3 is 5.76 Å². The maximum atomic E-state index is 11.5. The average Bonchev–Trinajstić information content (AvgIpc) is 3.17. The lowest BCUT2D eigenvalue weighted by Gasteiger charge is -2.35. The first-order valence-corrected chi connectivity index (χ1v) is 10.2. The number of hydrogen-bond donors (Lipinski definition) is 5. The highest BCUT2D eigenvalue weighted by Gasteiger charge is 2.33. The van der Waals surface area contributed by atoms with Crippen molar-refractivity contribution in [3.8, 4) is 0 Å². The van der Waals surface area contributed by atoms with Gasteiger partial charge in [-0.15, -0.1) is 0 Å². The number of piperazine rings is 1. The van der Waals surface area contributed by atoms with Crippen LogP contribution in [0.2, 0.25) is 0 Å². The van der Waals surface area contributed by atoms with Crippen LogP contribution in [0.15, 0.2) is 62.5 Å². The molecule has 0 aliphatic carbocycles. The van der Waals surface area contributed by atoms with Crippen LogP contribution in [0.5, 0.6) is 0 Å². The van der Waals surface area contributed by atoms with Gasteiger partial charge in [0.25, 0.3) is 0 Å². The number of nitrogens with zero attached hydrogens (tertiary/aromatic N) is 3. The second-order valence-electron chi connectivity index (χ2n) is 7.72. The van der Waals surface area contributed by atoms with E-state index in [-0.39, 0.29) is 0 Å². The van der Waals surface area contributed by atoms with Gasteiger partial charge in [0.1, 0.15) is 11.5 Å². The molecule has 0 amide bonds. The second-order valence-corrected chi connectivity index (χ2v) is 7.72. The molecule has 0 saturated carbocycles. The molecule has 2 aromatic heterocycles. The van der Waals surface area contributed by atoms with E-state index in [0.29, 0.717) is 17.1 Å². The van der Waals surface area contributed by atoms with E-state index in [1.54, 1.807) is 24.5 Å². The Morgan fingerprint density at radius 3 is 2.84 bits per heavy atom. The number of oxazole rings is 1. The molecule has 2 aliphatic heterocycles. The van der Waals surface area contributed by atoms with Gasteiger partial charge in [0.05, 0.1) is 17.4 Å². The summed E-state index contributed by atoms with van der Waals surface area (Å²) in [7, 11) is 0. The van der Waals surface area contributed by atoms with E-state index in [4.69, 9.17) is 10.2 Å². The molecule has 5 rings (SSSR count). The number of rotatable bonds is 3. The minimum absolute atomic E-state index is 0.484. The Morgan fingerprint density at radius 2 is 2.06 bits per heavy atom. The van der Waals surface area contributed by atoms with Crippen LogP contribution >= 0.6 is 0 Å². The molecule has 1 unspecified atom stereocenters. The number of pyridine rings is 1. The highest BCUT2D eigenvalue weighted by Crippen LogP contribution is 2.28. The molecule has 0 spiro atoms. The molecule has 0 radical (unpaired) electrons. The summed E-state index contributed by atoms with van der Waals surface area (Å²) in [5.41, 5.74) is 9.21. The third-order valence-corrected chi connectivity index (χ3v) is 5.65. The normalized spacial score (nSPS) is 21.4. The van der Waals surface area contributed by atoms with Crippen molar-refractivity contribution in [2.45, 2.75) is 12.6 Å². The fourth-order valence-corrected chi connectivity index (χ4v) is 3.82. The summed E-state index contributed by atoms with van der Waals surface area (Å²) in [5.74, 6) is 0.963. The van der Waals surface area contributed by atoms with Crippen LogP contribution in [0.1, 0.15) is 12.5 Å². The van der Waals surface area contributed by atoms with E-state index in [1.165, 1.54) is 0 Å². The summed E-state index contributed by atoms with van der Waals surface area (Å²) in [5, 5.41) is 9.86. The zero-order valence-electron chi connectivity index (χ0n) is 17.1. The summed E-state index contributed by atoms with van der Waals surface area (Å²) < 4.78 is 5.09. The van der Waals surface area contributed by atoms with Gasteiger partial charge in [-0.3, -0.25) is 4.98 Å². The molecule has 1 fully saturated rings. The molecular formula is C21H24N8O2. The predicted molar refractivity (Wildman–Crippen MR) is 120 cm³/mol. The third kappa shape index (κ3) is 3.66. The van der Waals surface area contributed by atoms with Crippen molar-refractivity contribution < 1.29 is 4.42 Å². The zero-order valence-corrected chi connectivity index (χ0v) is 17.1. The van der Waals surface area contributed by atoms with E-state index < -0.39 is 11.4 Å². The Balaban J connectivity index is 1.35. The van der Waals surface area contributed by atoms with E-state index >= 15 is 0 Å². The van der Waals surface area contributed by atoms with Crippen LogP contribution in [0.4, 0.5) is 11.5 Å². The number of aromatic nitrogens is 2. The van der Waals surface area contributed by atoms with Gasteiger partial charge in [0, 0.05) is 32.4 Å². The van der Waals surface area contributed by atoms with Crippen molar-refractivity contribution in [3.63, 3.8) is 0 Å². The van der Waals surface area contributed by atoms with Crippen molar-refractivity contribution in [3.05, 3.63) is 64.4 Å². The number of hydrogen-bond acceptors (Lipinski definition) is 9. The first-order chi connectivity index (χ1) is 15.0. The summed E-state index contributed by atoms with van der Waals surface area (Å²) in [6, 6.07) is 9.33. The molecule has 1 aromatic carbocycles. The SMILES string of the molecule is CC1=CN=C(Nc2ccc(N3CCNCC3)nc2)NC1(N)c1ccc2oc(=O)[nH]c2c1. The number of fused-ring (bicyclic) bond motifs is 1. The maximum Gasteiger partial charge on any atom is 0.417 e. The summed E-state index contributed by atoms with van der Waals surface area (Å²) in [6.45, 7) is 5.72. The van der Waals surface area contributed by atoms with Crippen LogP contribution in [0.25, 0.3) is 11.1 Å². The van der Waals surface area contributed by atoms with Crippen molar-refractivity contribution in [1.29, 1.82) is 0 Å². The molecule has 10 nitrogen and oxygen atoms in total. The Labute approximate surface area is 178 Å². The van der Waals surface area contributed by atoms with E-state index in [0.717, 1.165) is 48.8 Å². The largest absolute Gasteiger partial charge is 0.417 e. The Bertz CT molecular complexity index is 1220. The molecule has 0 bridgehead atoms. The lowest BCUT2D eigenvalue weighted by Crippen LogP contribution is -2.57. The van der Waals surface area contributed by atoms with Gasteiger partial charge in [-0.1, -0.05) is 6.07 Å². The highest BCUT2D eigenvalue weighted by atomic mass is 16.4. The average molecular weight is 420 g/mol. The Hall–Kier alpha value is -3.63. The zero-order chi connectivity index (χ0) is 21.4. The number of aromatic amines is 1. The van der Waals surface area contributed by atoms with Gasteiger partial charge in [-0.25, -0.2) is 14.8 Å². The molecule has 3 aromatic rings. The lowest BCUT2D eigenvalue weighted by molar-refractivity contribution is 0.478. The second kappa shape index (κ2) is 7.56. The molecule has 160 valence electrons. The number of benzene rings is 1. The van der Waals surface area contributed by atoms with Gasteiger partial charge in [0.15, 0.2) is 5.58 Å².